The van der Waals surface area contributed by atoms with Crippen LogP contribution in [0.2, 0.25) is 0 Å². The summed E-state index contributed by atoms with van der Waals surface area (Å²) in [5.41, 5.74) is 9.03. The van der Waals surface area contributed by atoms with Crippen LogP contribution in [0.25, 0.3) is 11.4 Å². The quantitative estimate of drug-likeness (QED) is 0.852. The van der Waals surface area contributed by atoms with Crippen LogP contribution in [0, 0.1) is 11.3 Å². The van der Waals surface area contributed by atoms with Crippen LogP contribution >= 0.6 is 0 Å². The molecule has 1 aromatic heterocycles. The van der Waals surface area contributed by atoms with Crippen molar-refractivity contribution >= 4 is 0 Å². The number of rotatable bonds is 3. The van der Waals surface area contributed by atoms with Crippen molar-refractivity contribution in [3.05, 3.63) is 58.7 Å². The Kier molecular flexibility index (Phi) is 4.43. The first kappa shape index (κ1) is 18.3. The van der Waals surface area contributed by atoms with Crippen LogP contribution in [0.1, 0.15) is 41.8 Å². The first-order valence-electron chi connectivity index (χ1n) is 8.63. The molecule has 4 rings (SSSR count). The Balaban J connectivity index is 1.63. The van der Waals surface area contributed by atoms with Crippen LogP contribution in [-0.2, 0) is 11.2 Å². The Hall–Kier alpha value is -3.12. The van der Waals surface area contributed by atoms with Gasteiger partial charge in [-0.3, -0.25) is 0 Å². The van der Waals surface area contributed by atoms with E-state index in [2.05, 4.69) is 14.9 Å². The van der Waals surface area contributed by atoms with Gasteiger partial charge < -0.3 is 15.0 Å². The van der Waals surface area contributed by atoms with Gasteiger partial charge in [0.2, 0.25) is 11.7 Å². The molecule has 1 unspecified atom stereocenters. The Labute approximate surface area is 158 Å². The van der Waals surface area contributed by atoms with E-state index in [1.54, 1.807) is 0 Å². The van der Waals surface area contributed by atoms with Gasteiger partial charge in [-0.2, -0.15) is 10.2 Å². The van der Waals surface area contributed by atoms with Crippen molar-refractivity contribution < 1.29 is 22.4 Å². The Morgan fingerprint density at radius 3 is 2.89 bits per heavy atom. The lowest BCUT2D eigenvalue weighted by atomic mass is 9.95. The number of nitriles is 1. The number of aromatic nitrogens is 2. The van der Waals surface area contributed by atoms with Crippen LogP contribution in [0.3, 0.4) is 0 Å². The molecule has 0 saturated heterocycles. The number of fused-ring (bicyclic) bond motifs is 1. The highest BCUT2D eigenvalue weighted by molar-refractivity contribution is 5.63. The predicted octanol–water partition coefficient (Wildman–Crippen LogP) is 4.04. The Morgan fingerprint density at radius 1 is 1.32 bits per heavy atom. The highest BCUT2D eigenvalue weighted by atomic mass is 19.4. The zero-order valence-electron chi connectivity index (χ0n) is 14.5. The first-order chi connectivity index (χ1) is 13.3. The van der Waals surface area contributed by atoms with Crippen LogP contribution in [0.4, 0.5) is 13.2 Å². The highest BCUT2D eigenvalue weighted by Gasteiger charge is 2.35. The minimum absolute atomic E-state index is 0.0343. The number of hydrogen-bond donors (Lipinski definition) is 1. The third kappa shape index (κ3) is 3.51. The molecule has 0 amide bonds. The molecule has 2 N–H and O–H groups in total. The number of hydrogen-bond acceptors (Lipinski definition) is 6. The Bertz CT molecular complexity index is 1020. The second-order valence-corrected chi connectivity index (χ2v) is 6.68. The summed E-state index contributed by atoms with van der Waals surface area (Å²) in [7, 11) is 0. The minimum atomic E-state index is -4.84. The van der Waals surface area contributed by atoms with Gasteiger partial charge in [0.15, 0.2) is 0 Å². The van der Waals surface area contributed by atoms with Crippen molar-refractivity contribution in [3.63, 3.8) is 0 Å². The largest absolute Gasteiger partial charge is 0.572 e. The summed E-state index contributed by atoms with van der Waals surface area (Å²) >= 11 is 0. The van der Waals surface area contributed by atoms with Crippen molar-refractivity contribution in [2.24, 2.45) is 5.73 Å². The van der Waals surface area contributed by atoms with E-state index < -0.39 is 12.3 Å². The number of alkyl halides is 3. The summed E-state index contributed by atoms with van der Waals surface area (Å²) in [4.78, 5) is 4.37. The van der Waals surface area contributed by atoms with Gasteiger partial charge in [0.1, 0.15) is 5.76 Å². The number of allylic oxidation sites excluding steroid dienone is 4. The van der Waals surface area contributed by atoms with Gasteiger partial charge in [-0.25, -0.2) is 0 Å². The summed E-state index contributed by atoms with van der Waals surface area (Å²) in [6.07, 6.45) is -0.790. The molecule has 9 heteroatoms. The molecule has 2 aromatic rings. The molecule has 1 heterocycles. The molecule has 1 aromatic carbocycles. The van der Waals surface area contributed by atoms with Crippen LogP contribution in [0.15, 0.2) is 46.2 Å². The maximum absolute atomic E-state index is 12.6. The zero-order valence-corrected chi connectivity index (χ0v) is 14.5. The van der Waals surface area contributed by atoms with Gasteiger partial charge in [0.25, 0.3) is 0 Å². The molecule has 2 aliphatic rings. The molecule has 0 spiro atoms. The van der Waals surface area contributed by atoms with Crippen LogP contribution in [-0.4, -0.2) is 16.5 Å². The third-order valence-corrected chi connectivity index (χ3v) is 4.81. The van der Waals surface area contributed by atoms with E-state index in [0.29, 0.717) is 5.82 Å². The fourth-order valence-corrected chi connectivity index (χ4v) is 3.61. The van der Waals surface area contributed by atoms with Crippen molar-refractivity contribution in [3.8, 4) is 17.5 Å². The maximum atomic E-state index is 12.6. The summed E-state index contributed by atoms with van der Waals surface area (Å²) in [5, 5.41) is 13.1. The lowest BCUT2D eigenvalue weighted by molar-refractivity contribution is -0.306. The molecular weight excluding hydrogens is 373 g/mol. The second-order valence-electron chi connectivity index (χ2n) is 6.68. The SMILES string of the molecule is N#CC1=CC(c2nc(-c3cccc4c3CC[C@@H]4N)no2)CC(OC(F)(F)F)=C1. The van der Waals surface area contributed by atoms with Gasteiger partial charge in [-0.05, 0) is 30.0 Å². The molecular formula is C19H15F3N4O2. The third-order valence-electron chi connectivity index (χ3n) is 4.81. The summed E-state index contributed by atoms with van der Waals surface area (Å²) < 4.78 is 47.0. The number of nitrogens with two attached hydrogens (primary N) is 1. The molecule has 2 atom stereocenters. The van der Waals surface area contributed by atoms with Gasteiger partial charge in [0, 0.05) is 18.0 Å². The van der Waals surface area contributed by atoms with E-state index in [-0.39, 0.29) is 29.7 Å². The number of benzene rings is 1. The Morgan fingerprint density at radius 2 is 2.14 bits per heavy atom. The van der Waals surface area contributed by atoms with Crippen LogP contribution < -0.4 is 5.73 Å². The monoisotopic (exact) mass is 388 g/mol. The summed E-state index contributed by atoms with van der Waals surface area (Å²) in [5.74, 6) is -0.583. The molecule has 0 radical (unpaired) electrons. The molecule has 2 aliphatic carbocycles. The van der Waals surface area contributed by atoms with Crippen LogP contribution in [0.5, 0.6) is 0 Å². The topological polar surface area (TPSA) is 98.0 Å². The lowest BCUT2D eigenvalue weighted by Crippen LogP contribution is -2.16. The first-order valence-corrected chi connectivity index (χ1v) is 8.63. The predicted molar refractivity (Wildman–Crippen MR) is 91.3 cm³/mol. The number of nitrogens with zero attached hydrogens (tertiary/aromatic N) is 3. The van der Waals surface area contributed by atoms with Gasteiger partial charge in [0.05, 0.1) is 17.6 Å². The van der Waals surface area contributed by atoms with E-state index in [1.165, 1.54) is 6.08 Å². The van der Waals surface area contributed by atoms with Crippen molar-refractivity contribution in [2.75, 3.05) is 0 Å². The van der Waals surface area contributed by atoms with E-state index in [0.717, 1.165) is 35.6 Å². The molecule has 6 nitrogen and oxygen atoms in total. The second kappa shape index (κ2) is 6.80. The smallest absolute Gasteiger partial charge is 0.410 e. The van der Waals surface area contributed by atoms with E-state index in [1.807, 2.05) is 24.3 Å². The zero-order chi connectivity index (χ0) is 19.9. The van der Waals surface area contributed by atoms with Crippen molar-refractivity contribution in [1.29, 1.82) is 5.26 Å². The molecule has 0 saturated carbocycles. The molecule has 0 aliphatic heterocycles. The fourth-order valence-electron chi connectivity index (χ4n) is 3.61. The van der Waals surface area contributed by atoms with Gasteiger partial charge in [-0.1, -0.05) is 29.4 Å². The fraction of sp³-hybridized carbons (Fsp3) is 0.316. The minimum Gasteiger partial charge on any atom is -0.410 e. The van der Waals surface area contributed by atoms with E-state index in [9.17, 15) is 13.2 Å². The van der Waals surface area contributed by atoms with E-state index in [4.69, 9.17) is 15.5 Å². The highest BCUT2D eigenvalue weighted by Crippen LogP contribution is 2.38. The normalized spacial score (nSPS) is 21.5. The molecule has 144 valence electrons. The maximum Gasteiger partial charge on any atom is 0.572 e. The lowest BCUT2D eigenvalue weighted by Gasteiger charge is -2.18. The standard InChI is InChI=1S/C19H15F3N4O2/c20-19(21,22)27-12-7-10(9-23)6-11(8-12)18-25-17(26-28-18)15-3-1-2-14-13(15)4-5-16(14)24/h1-3,6-7,11,16H,4-5,8,24H2/t11?,16-/m0/s1. The average molecular weight is 388 g/mol. The van der Waals surface area contributed by atoms with Crippen molar-refractivity contribution in [2.45, 2.75) is 37.6 Å². The summed E-state index contributed by atoms with van der Waals surface area (Å²) in [6.45, 7) is 0. The van der Waals surface area contributed by atoms with Gasteiger partial charge >= 0.3 is 6.36 Å². The summed E-state index contributed by atoms with van der Waals surface area (Å²) in [6, 6.07) is 7.49. The van der Waals surface area contributed by atoms with Crippen molar-refractivity contribution in [1.82, 2.24) is 10.1 Å². The molecule has 0 bridgehead atoms. The number of halogens is 3. The molecule has 0 fully saturated rings. The number of ether oxygens (including phenoxy) is 1. The average Bonchev–Trinajstić information content (AvgIpc) is 3.27. The molecule has 28 heavy (non-hydrogen) atoms. The van der Waals surface area contributed by atoms with E-state index >= 15 is 0 Å². The van der Waals surface area contributed by atoms with Gasteiger partial charge in [-0.15, -0.1) is 13.2 Å².